The summed E-state index contributed by atoms with van der Waals surface area (Å²) in [5, 5.41) is 20.9. The Labute approximate surface area is 125 Å². The van der Waals surface area contributed by atoms with E-state index in [4.69, 9.17) is 5.26 Å². The predicted octanol–water partition coefficient (Wildman–Crippen LogP) is 2.26. The van der Waals surface area contributed by atoms with Crippen molar-refractivity contribution in [3.05, 3.63) is 23.8 Å². The number of carbonyl (C=O) groups is 1. The molecule has 2 rings (SSSR count). The van der Waals surface area contributed by atoms with Crippen molar-refractivity contribution in [2.75, 3.05) is 25.0 Å². The van der Waals surface area contributed by atoms with E-state index in [-0.39, 0.29) is 17.6 Å². The van der Waals surface area contributed by atoms with Crippen LogP contribution in [0.1, 0.15) is 24.8 Å². The number of aromatic hydroxyl groups is 1. The third-order valence-electron chi connectivity index (χ3n) is 3.97. The minimum atomic E-state index is 0.0246. The van der Waals surface area contributed by atoms with Gasteiger partial charge in [0.15, 0.2) is 0 Å². The SMILES string of the molecule is Cc1cc(O)ccc1NC(=O)C1CCN(CCC#N)CC1. The molecule has 1 aliphatic rings. The van der Waals surface area contributed by atoms with Crippen LogP contribution in [0, 0.1) is 24.2 Å². The predicted molar refractivity (Wildman–Crippen MR) is 80.9 cm³/mol. The van der Waals surface area contributed by atoms with Crippen LogP contribution in [0.3, 0.4) is 0 Å². The first-order chi connectivity index (χ1) is 10.1. The van der Waals surface area contributed by atoms with Crippen molar-refractivity contribution in [3.63, 3.8) is 0 Å². The Morgan fingerprint density at radius 3 is 2.81 bits per heavy atom. The van der Waals surface area contributed by atoms with Crippen molar-refractivity contribution in [2.24, 2.45) is 5.92 Å². The molecule has 1 heterocycles. The molecular weight excluding hydrogens is 266 g/mol. The van der Waals surface area contributed by atoms with Crippen molar-refractivity contribution in [2.45, 2.75) is 26.2 Å². The average molecular weight is 287 g/mol. The van der Waals surface area contributed by atoms with Crippen molar-refractivity contribution in [1.82, 2.24) is 4.90 Å². The fraction of sp³-hybridized carbons (Fsp3) is 0.500. The zero-order valence-electron chi connectivity index (χ0n) is 12.3. The van der Waals surface area contributed by atoms with E-state index < -0.39 is 0 Å². The summed E-state index contributed by atoms with van der Waals surface area (Å²) in [6.07, 6.45) is 2.20. The molecule has 1 aromatic rings. The summed E-state index contributed by atoms with van der Waals surface area (Å²) < 4.78 is 0. The average Bonchev–Trinajstić information content (AvgIpc) is 2.48. The van der Waals surface area contributed by atoms with Gasteiger partial charge in [0.05, 0.1) is 6.07 Å². The van der Waals surface area contributed by atoms with E-state index in [1.807, 2.05) is 6.92 Å². The molecule has 0 radical (unpaired) electrons. The van der Waals surface area contributed by atoms with Gasteiger partial charge in [0, 0.05) is 24.6 Å². The van der Waals surface area contributed by atoms with Crippen LogP contribution in [0.4, 0.5) is 5.69 Å². The minimum absolute atomic E-state index is 0.0246. The lowest BCUT2D eigenvalue weighted by atomic mass is 9.95. The first kappa shape index (κ1) is 15.3. The normalized spacial score (nSPS) is 16.4. The number of phenolic OH excluding ortho intramolecular Hbond substituents is 1. The van der Waals surface area contributed by atoms with E-state index in [0.717, 1.165) is 43.7 Å². The Hall–Kier alpha value is -2.06. The van der Waals surface area contributed by atoms with E-state index in [1.54, 1.807) is 18.2 Å². The number of aryl methyl sites for hydroxylation is 1. The number of rotatable bonds is 4. The quantitative estimate of drug-likeness (QED) is 0.833. The van der Waals surface area contributed by atoms with Gasteiger partial charge >= 0.3 is 0 Å². The number of benzene rings is 1. The first-order valence-corrected chi connectivity index (χ1v) is 7.30. The maximum atomic E-state index is 12.3. The molecule has 0 aromatic heterocycles. The van der Waals surface area contributed by atoms with Gasteiger partial charge in [0.1, 0.15) is 5.75 Å². The van der Waals surface area contributed by atoms with Gasteiger partial charge in [-0.3, -0.25) is 4.79 Å². The lowest BCUT2D eigenvalue weighted by molar-refractivity contribution is -0.121. The number of hydrogen-bond donors (Lipinski definition) is 2. The number of phenols is 1. The third kappa shape index (κ3) is 4.20. The lowest BCUT2D eigenvalue weighted by Crippen LogP contribution is -2.38. The number of carbonyl (C=O) groups excluding carboxylic acids is 1. The van der Waals surface area contributed by atoms with Gasteiger partial charge in [-0.05, 0) is 56.6 Å². The van der Waals surface area contributed by atoms with Crippen molar-refractivity contribution >= 4 is 11.6 Å². The summed E-state index contributed by atoms with van der Waals surface area (Å²) >= 11 is 0. The van der Waals surface area contributed by atoms with Gasteiger partial charge in [-0.1, -0.05) is 0 Å². The molecule has 1 saturated heterocycles. The summed E-state index contributed by atoms with van der Waals surface area (Å²) in [5.74, 6) is 0.275. The summed E-state index contributed by atoms with van der Waals surface area (Å²) in [6, 6.07) is 7.09. The lowest BCUT2D eigenvalue weighted by Gasteiger charge is -2.30. The van der Waals surface area contributed by atoms with Crippen LogP contribution in [0.5, 0.6) is 5.75 Å². The Morgan fingerprint density at radius 1 is 1.48 bits per heavy atom. The van der Waals surface area contributed by atoms with E-state index >= 15 is 0 Å². The zero-order chi connectivity index (χ0) is 15.2. The zero-order valence-corrected chi connectivity index (χ0v) is 12.3. The van der Waals surface area contributed by atoms with Crippen LogP contribution in [0.15, 0.2) is 18.2 Å². The number of nitrogens with one attached hydrogen (secondary N) is 1. The summed E-state index contributed by atoms with van der Waals surface area (Å²) in [6.45, 7) is 4.39. The molecule has 112 valence electrons. The van der Waals surface area contributed by atoms with Gasteiger partial charge in [-0.2, -0.15) is 5.26 Å². The highest BCUT2D eigenvalue weighted by Crippen LogP contribution is 2.23. The topological polar surface area (TPSA) is 76.4 Å². The second kappa shape index (κ2) is 7.09. The first-order valence-electron chi connectivity index (χ1n) is 7.30. The molecule has 0 spiro atoms. The second-order valence-corrected chi connectivity index (χ2v) is 5.51. The Bertz CT molecular complexity index is 543. The van der Waals surface area contributed by atoms with Crippen LogP contribution < -0.4 is 5.32 Å². The smallest absolute Gasteiger partial charge is 0.227 e. The van der Waals surface area contributed by atoms with Gasteiger partial charge in [-0.25, -0.2) is 0 Å². The molecule has 0 bridgehead atoms. The number of nitriles is 1. The molecule has 21 heavy (non-hydrogen) atoms. The second-order valence-electron chi connectivity index (χ2n) is 5.51. The molecule has 1 fully saturated rings. The van der Waals surface area contributed by atoms with Crippen LogP contribution in [0.25, 0.3) is 0 Å². The highest BCUT2D eigenvalue weighted by Gasteiger charge is 2.24. The molecule has 5 nitrogen and oxygen atoms in total. The molecule has 0 saturated carbocycles. The number of anilines is 1. The number of nitrogens with zero attached hydrogens (tertiary/aromatic N) is 2. The number of likely N-dealkylation sites (tertiary alicyclic amines) is 1. The Morgan fingerprint density at radius 2 is 2.19 bits per heavy atom. The highest BCUT2D eigenvalue weighted by molar-refractivity contribution is 5.93. The molecule has 0 unspecified atom stereocenters. The van der Waals surface area contributed by atoms with Gasteiger partial charge in [-0.15, -0.1) is 0 Å². The van der Waals surface area contributed by atoms with Gasteiger partial charge in [0.25, 0.3) is 0 Å². The molecule has 1 aromatic carbocycles. The van der Waals surface area contributed by atoms with E-state index in [0.29, 0.717) is 6.42 Å². The molecule has 1 amide bonds. The van der Waals surface area contributed by atoms with Crippen molar-refractivity contribution in [3.8, 4) is 11.8 Å². The molecule has 1 aliphatic heterocycles. The molecule has 5 heteroatoms. The fourth-order valence-corrected chi connectivity index (χ4v) is 2.65. The summed E-state index contributed by atoms with van der Waals surface area (Å²) in [5.41, 5.74) is 1.61. The number of hydrogen-bond acceptors (Lipinski definition) is 4. The number of piperidine rings is 1. The molecule has 0 atom stereocenters. The largest absolute Gasteiger partial charge is 0.508 e. The fourth-order valence-electron chi connectivity index (χ4n) is 2.65. The Balaban J connectivity index is 1.86. The van der Waals surface area contributed by atoms with Crippen LogP contribution in [-0.4, -0.2) is 35.5 Å². The van der Waals surface area contributed by atoms with Crippen LogP contribution >= 0.6 is 0 Å². The molecule has 0 aliphatic carbocycles. The van der Waals surface area contributed by atoms with Crippen molar-refractivity contribution in [1.29, 1.82) is 5.26 Å². The maximum Gasteiger partial charge on any atom is 0.227 e. The van der Waals surface area contributed by atoms with E-state index in [1.165, 1.54) is 0 Å². The third-order valence-corrected chi connectivity index (χ3v) is 3.97. The maximum absolute atomic E-state index is 12.3. The number of amides is 1. The van der Waals surface area contributed by atoms with Crippen LogP contribution in [-0.2, 0) is 4.79 Å². The summed E-state index contributed by atoms with van der Waals surface area (Å²) in [4.78, 5) is 14.5. The van der Waals surface area contributed by atoms with Gasteiger partial charge in [0.2, 0.25) is 5.91 Å². The Kier molecular flexibility index (Phi) is 5.18. The minimum Gasteiger partial charge on any atom is -0.508 e. The summed E-state index contributed by atoms with van der Waals surface area (Å²) in [7, 11) is 0. The molecule has 2 N–H and O–H groups in total. The molecular formula is C16H21N3O2. The van der Waals surface area contributed by atoms with Crippen molar-refractivity contribution < 1.29 is 9.90 Å². The standard InChI is InChI=1S/C16H21N3O2/c1-12-11-14(20)3-4-15(12)18-16(21)13-5-9-19(10-6-13)8-2-7-17/h3-4,11,13,20H,2,5-6,8-10H2,1H3,(H,18,21). The monoisotopic (exact) mass is 287 g/mol. The van der Waals surface area contributed by atoms with Gasteiger partial charge < -0.3 is 15.3 Å². The highest BCUT2D eigenvalue weighted by atomic mass is 16.3. The van der Waals surface area contributed by atoms with Crippen LogP contribution in [0.2, 0.25) is 0 Å². The van der Waals surface area contributed by atoms with E-state index in [2.05, 4.69) is 16.3 Å². The van der Waals surface area contributed by atoms with E-state index in [9.17, 15) is 9.90 Å².